The van der Waals surface area contributed by atoms with E-state index in [1.165, 1.54) is 17.0 Å². The predicted octanol–water partition coefficient (Wildman–Crippen LogP) is 0.571. The van der Waals surface area contributed by atoms with Crippen molar-refractivity contribution in [1.82, 2.24) is 4.90 Å². The molecule has 2 rings (SSSR count). The molecule has 1 amide bonds. The first kappa shape index (κ1) is 11.7. The smallest absolute Gasteiger partial charge is 0.257 e. The van der Waals surface area contributed by atoms with Crippen molar-refractivity contribution in [2.24, 2.45) is 0 Å². The summed E-state index contributed by atoms with van der Waals surface area (Å²) in [5.74, 6) is -0.489. The quantitative estimate of drug-likeness (QED) is 0.491. The zero-order valence-electron chi connectivity index (χ0n) is 9.68. The Morgan fingerprint density at radius 2 is 2.24 bits per heavy atom. The van der Waals surface area contributed by atoms with Gasteiger partial charge in [-0.25, -0.2) is 0 Å². The molecule has 0 radical (unpaired) electrons. The van der Waals surface area contributed by atoms with Gasteiger partial charge in [-0.3, -0.25) is 4.79 Å². The fourth-order valence-electron chi connectivity index (χ4n) is 2.02. The van der Waals surface area contributed by atoms with Crippen molar-refractivity contribution < 1.29 is 15.0 Å². The van der Waals surface area contributed by atoms with Crippen molar-refractivity contribution in [1.29, 1.82) is 0 Å². The summed E-state index contributed by atoms with van der Waals surface area (Å²) < 4.78 is 0. The number of β-amino-alcohol motifs (C(OH)–C–C–N with tert-alkyl or cyclic N) is 1. The normalized spacial score (nSPS) is 24.0. The molecule has 1 atom stereocenters. The molecule has 1 fully saturated rings. The predicted molar refractivity (Wildman–Crippen MR) is 63.7 cm³/mol. The molecule has 0 bridgehead atoms. The standard InChI is InChI=1S/C12H16N2O3/c1-12(17)5-6-14(7-12)11(16)8-3-2-4-9(13)10(8)15/h2-4,15,17H,5-7,13H2,1H3. The van der Waals surface area contributed by atoms with Gasteiger partial charge >= 0.3 is 0 Å². The van der Waals surface area contributed by atoms with Crippen LogP contribution < -0.4 is 5.73 Å². The molecular weight excluding hydrogens is 220 g/mol. The molecule has 1 aromatic rings. The van der Waals surface area contributed by atoms with Gasteiger partial charge < -0.3 is 20.8 Å². The van der Waals surface area contributed by atoms with Crippen LogP contribution in [0.3, 0.4) is 0 Å². The van der Waals surface area contributed by atoms with Gasteiger partial charge in [-0.1, -0.05) is 6.07 Å². The third kappa shape index (κ3) is 2.19. The summed E-state index contributed by atoms with van der Waals surface area (Å²) in [5, 5.41) is 19.5. The number of nitrogen functional groups attached to an aromatic ring is 1. The average Bonchev–Trinajstić information content (AvgIpc) is 2.62. The molecule has 92 valence electrons. The number of nitrogens with zero attached hydrogens (tertiary/aromatic N) is 1. The first-order valence-corrected chi connectivity index (χ1v) is 5.50. The first-order valence-electron chi connectivity index (χ1n) is 5.50. The van der Waals surface area contributed by atoms with Gasteiger partial charge in [0.15, 0.2) is 5.75 Å². The van der Waals surface area contributed by atoms with E-state index in [1.807, 2.05) is 0 Å². The van der Waals surface area contributed by atoms with Crippen LogP contribution in [-0.2, 0) is 0 Å². The fraction of sp³-hybridized carbons (Fsp3) is 0.417. The molecule has 17 heavy (non-hydrogen) atoms. The third-order valence-electron chi connectivity index (χ3n) is 3.04. The molecular formula is C12H16N2O3. The number of hydrogen-bond donors (Lipinski definition) is 3. The monoisotopic (exact) mass is 236 g/mol. The van der Waals surface area contributed by atoms with Gasteiger partial charge in [0.2, 0.25) is 0 Å². The SMILES string of the molecule is CC1(O)CCN(C(=O)c2cccc(N)c2O)C1. The number of likely N-dealkylation sites (tertiary alicyclic amines) is 1. The fourth-order valence-corrected chi connectivity index (χ4v) is 2.02. The second-order valence-corrected chi connectivity index (χ2v) is 4.72. The molecule has 0 saturated carbocycles. The van der Waals surface area contributed by atoms with E-state index in [0.29, 0.717) is 13.0 Å². The molecule has 1 saturated heterocycles. The lowest BCUT2D eigenvalue weighted by atomic mass is 10.1. The highest BCUT2D eigenvalue weighted by molar-refractivity contribution is 5.98. The lowest BCUT2D eigenvalue weighted by Gasteiger charge is -2.19. The Bertz CT molecular complexity index is 457. The Balaban J connectivity index is 2.24. The molecule has 0 aromatic heterocycles. The molecule has 0 spiro atoms. The van der Waals surface area contributed by atoms with Crippen molar-refractivity contribution in [3.63, 3.8) is 0 Å². The Hall–Kier alpha value is -1.75. The number of para-hydroxylation sites is 1. The highest BCUT2D eigenvalue weighted by atomic mass is 16.3. The Kier molecular flexibility index (Phi) is 2.71. The van der Waals surface area contributed by atoms with Gasteiger partial charge in [0.25, 0.3) is 5.91 Å². The van der Waals surface area contributed by atoms with E-state index in [0.717, 1.165) is 0 Å². The van der Waals surface area contributed by atoms with E-state index in [-0.39, 0.29) is 29.5 Å². The molecule has 1 aliphatic rings. The van der Waals surface area contributed by atoms with Crippen LogP contribution in [0, 0.1) is 0 Å². The van der Waals surface area contributed by atoms with Crippen LogP contribution >= 0.6 is 0 Å². The number of hydrogen-bond acceptors (Lipinski definition) is 4. The van der Waals surface area contributed by atoms with Crippen molar-refractivity contribution in [3.8, 4) is 5.75 Å². The highest BCUT2D eigenvalue weighted by Gasteiger charge is 2.35. The topological polar surface area (TPSA) is 86.8 Å². The number of carbonyl (C=O) groups excluding carboxylic acids is 1. The van der Waals surface area contributed by atoms with Crippen molar-refractivity contribution in [2.75, 3.05) is 18.8 Å². The van der Waals surface area contributed by atoms with Crippen molar-refractivity contribution in [3.05, 3.63) is 23.8 Å². The van der Waals surface area contributed by atoms with E-state index in [9.17, 15) is 15.0 Å². The maximum absolute atomic E-state index is 12.1. The van der Waals surface area contributed by atoms with Gasteiger partial charge in [0.05, 0.1) is 16.9 Å². The van der Waals surface area contributed by atoms with Gasteiger partial charge in [-0.15, -0.1) is 0 Å². The summed E-state index contributed by atoms with van der Waals surface area (Å²) >= 11 is 0. The van der Waals surface area contributed by atoms with Gasteiger partial charge in [0.1, 0.15) is 0 Å². The summed E-state index contributed by atoms with van der Waals surface area (Å²) in [4.78, 5) is 13.6. The largest absolute Gasteiger partial charge is 0.505 e. The number of rotatable bonds is 1. The zero-order chi connectivity index (χ0) is 12.6. The first-order chi connectivity index (χ1) is 7.91. The second-order valence-electron chi connectivity index (χ2n) is 4.72. The van der Waals surface area contributed by atoms with Crippen LogP contribution in [0.1, 0.15) is 23.7 Å². The molecule has 4 N–H and O–H groups in total. The third-order valence-corrected chi connectivity index (χ3v) is 3.04. The van der Waals surface area contributed by atoms with Gasteiger partial charge in [0, 0.05) is 13.1 Å². The van der Waals surface area contributed by atoms with Crippen LogP contribution in [-0.4, -0.2) is 39.7 Å². The minimum atomic E-state index is -0.842. The Morgan fingerprint density at radius 3 is 2.82 bits per heavy atom. The lowest BCUT2D eigenvalue weighted by Crippen LogP contribution is -2.33. The number of phenolic OH excluding ortho intramolecular Hbond substituents is 1. The number of aromatic hydroxyl groups is 1. The van der Waals surface area contributed by atoms with Crippen molar-refractivity contribution >= 4 is 11.6 Å². The van der Waals surface area contributed by atoms with Crippen molar-refractivity contribution in [2.45, 2.75) is 18.9 Å². The zero-order valence-corrected chi connectivity index (χ0v) is 9.68. The number of carbonyl (C=O) groups is 1. The highest BCUT2D eigenvalue weighted by Crippen LogP contribution is 2.28. The molecule has 1 heterocycles. The van der Waals surface area contributed by atoms with Gasteiger partial charge in [-0.05, 0) is 25.5 Å². The summed E-state index contributed by atoms with van der Waals surface area (Å²) in [6, 6.07) is 4.68. The van der Waals surface area contributed by atoms with E-state index < -0.39 is 5.60 Å². The number of aliphatic hydroxyl groups is 1. The summed E-state index contributed by atoms with van der Waals surface area (Å²) in [6.45, 7) is 2.46. The number of phenols is 1. The lowest BCUT2D eigenvalue weighted by molar-refractivity contribution is 0.0570. The van der Waals surface area contributed by atoms with E-state index in [4.69, 9.17) is 5.73 Å². The minimum Gasteiger partial charge on any atom is -0.505 e. The second kappa shape index (κ2) is 3.92. The van der Waals surface area contributed by atoms with Gasteiger partial charge in [-0.2, -0.15) is 0 Å². The maximum Gasteiger partial charge on any atom is 0.257 e. The van der Waals surface area contributed by atoms with E-state index in [2.05, 4.69) is 0 Å². The average molecular weight is 236 g/mol. The number of benzene rings is 1. The van der Waals surface area contributed by atoms with E-state index >= 15 is 0 Å². The minimum absolute atomic E-state index is 0.182. The molecule has 5 heteroatoms. The molecule has 1 aliphatic heterocycles. The van der Waals surface area contributed by atoms with Crippen LogP contribution in [0.25, 0.3) is 0 Å². The van der Waals surface area contributed by atoms with Crippen LogP contribution in [0.4, 0.5) is 5.69 Å². The maximum atomic E-state index is 12.1. The molecule has 1 unspecified atom stereocenters. The molecule has 5 nitrogen and oxygen atoms in total. The summed E-state index contributed by atoms with van der Waals surface area (Å²) in [6.07, 6.45) is 0.543. The van der Waals surface area contributed by atoms with Crippen LogP contribution in [0.2, 0.25) is 0 Å². The Morgan fingerprint density at radius 1 is 1.53 bits per heavy atom. The van der Waals surface area contributed by atoms with E-state index in [1.54, 1.807) is 13.0 Å². The number of nitrogens with two attached hydrogens (primary N) is 1. The number of anilines is 1. The summed E-state index contributed by atoms with van der Waals surface area (Å²) in [7, 11) is 0. The molecule has 0 aliphatic carbocycles. The Labute approximate surface area is 99.5 Å². The summed E-state index contributed by atoms with van der Waals surface area (Å²) in [5.41, 5.74) is 5.06. The van der Waals surface area contributed by atoms with Crippen LogP contribution in [0.5, 0.6) is 5.75 Å². The number of amides is 1. The molecule has 1 aromatic carbocycles. The van der Waals surface area contributed by atoms with Crippen LogP contribution in [0.15, 0.2) is 18.2 Å².